The molecule has 0 saturated carbocycles. The van der Waals surface area contributed by atoms with Crippen molar-refractivity contribution in [2.75, 3.05) is 11.7 Å². The maximum absolute atomic E-state index is 13.6. The van der Waals surface area contributed by atoms with Crippen molar-refractivity contribution in [3.63, 3.8) is 0 Å². The fourth-order valence-corrected chi connectivity index (χ4v) is 5.40. The number of hydrogen-bond acceptors (Lipinski definition) is 4. The lowest BCUT2D eigenvalue weighted by atomic mass is 9.96. The number of pyridine rings is 1. The van der Waals surface area contributed by atoms with E-state index in [0.29, 0.717) is 10.9 Å². The van der Waals surface area contributed by atoms with Crippen LogP contribution in [0.1, 0.15) is 34.7 Å². The largest absolute Gasteiger partial charge is 0.454 e. The van der Waals surface area contributed by atoms with Gasteiger partial charge in [0, 0.05) is 35.0 Å². The van der Waals surface area contributed by atoms with E-state index >= 15 is 0 Å². The van der Waals surface area contributed by atoms with Crippen LogP contribution >= 0.6 is 12.2 Å². The van der Waals surface area contributed by atoms with E-state index in [1.807, 2.05) is 36.4 Å². The summed E-state index contributed by atoms with van der Waals surface area (Å²) in [4.78, 5) is 6.76. The number of aromatic nitrogens is 2. The Bertz CT molecular complexity index is 1420. The Labute approximate surface area is 207 Å². The minimum absolute atomic E-state index is 0.168. The number of thiocarbonyl (C=S) groups is 1. The van der Waals surface area contributed by atoms with Crippen LogP contribution in [0.25, 0.3) is 5.69 Å². The number of hydrogen-bond donors (Lipinski definition) is 1. The van der Waals surface area contributed by atoms with E-state index in [1.165, 1.54) is 12.1 Å². The van der Waals surface area contributed by atoms with Crippen molar-refractivity contribution in [2.45, 2.75) is 25.9 Å². The average Bonchev–Trinajstić information content (AvgIpc) is 3.55. The zero-order valence-corrected chi connectivity index (χ0v) is 20.1. The van der Waals surface area contributed by atoms with E-state index in [4.69, 9.17) is 21.7 Å². The molecule has 2 aliphatic heterocycles. The first-order valence-electron chi connectivity index (χ1n) is 11.4. The fourth-order valence-electron chi connectivity index (χ4n) is 5.06. The van der Waals surface area contributed by atoms with Gasteiger partial charge in [-0.2, -0.15) is 0 Å². The number of aryl methyl sites for hydroxylation is 1. The Balaban J connectivity index is 1.51. The van der Waals surface area contributed by atoms with Gasteiger partial charge in [-0.3, -0.25) is 4.98 Å². The van der Waals surface area contributed by atoms with Crippen LogP contribution in [0.4, 0.5) is 10.1 Å². The molecule has 2 unspecified atom stereocenters. The Kier molecular flexibility index (Phi) is 5.18. The summed E-state index contributed by atoms with van der Waals surface area (Å²) in [5.41, 5.74) is 5.92. The summed E-state index contributed by atoms with van der Waals surface area (Å²) < 4.78 is 26.9. The van der Waals surface area contributed by atoms with Crippen LogP contribution in [0, 0.1) is 19.7 Å². The van der Waals surface area contributed by atoms with E-state index in [1.54, 1.807) is 18.3 Å². The molecule has 1 saturated heterocycles. The van der Waals surface area contributed by atoms with Gasteiger partial charge in [-0.15, -0.1) is 0 Å². The number of anilines is 1. The van der Waals surface area contributed by atoms with Crippen molar-refractivity contribution in [2.24, 2.45) is 0 Å². The lowest BCUT2D eigenvalue weighted by Gasteiger charge is -2.28. The molecule has 176 valence electrons. The Morgan fingerprint density at radius 1 is 0.971 bits per heavy atom. The third-order valence-corrected chi connectivity index (χ3v) is 6.92. The summed E-state index contributed by atoms with van der Waals surface area (Å²) in [6, 6.07) is 20.2. The molecular weight excluding hydrogens is 463 g/mol. The molecule has 1 N–H and O–H groups in total. The highest BCUT2D eigenvalue weighted by atomic mass is 32.1. The van der Waals surface area contributed by atoms with Gasteiger partial charge in [-0.25, -0.2) is 4.39 Å². The van der Waals surface area contributed by atoms with E-state index < -0.39 is 0 Å². The summed E-state index contributed by atoms with van der Waals surface area (Å²) >= 11 is 5.86. The van der Waals surface area contributed by atoms with Crippen molar-refractivity contribution in [1.29, 1.82) is 0 Å². The summed E-state index contributed by atoms with van der Waals surface area (Å²) in [5, 5.41) is 4.11. The van der Waals surface area contributed by atoms with Crippen LogP contribution in [0.15, 0.2) is 72.9 Å². The van der Waals surface area contributed by atoms with Crippen LogP contribution in [-0.2, 0) is 0 Å². The second-order valence-electron chi connectivity index (χ2n) is 8.67. The highest BCUT2D eigenvalue weighted by Gasteiger charge is 2.42. The topological polar surface area (TPSA) is 51.6 Å². The molecule has 8 heteroatoms. The van der Waals surface area contributed by atoms with Gasteiger partial charge in [-0.05, 0) is 86.2 Å². The monoisotopic (exact) mass is 486 g/mol. The molecule has 2 aromatic heterocycles. The zero-order chi connectivity index (χ0) is 24.1. The van der Waals surface area contributed by atoms with Crippen molar-refractivity contribution in [3.8, 4) is 17.2 Å². The Hall–Kier alpha value is -3.91. The lowest BCUT2D eigenvalue weighted by Crippen LogP contribution is -2.29. The maximum atomic E-state index is 13.6. The number of nitrogens with zero attached hydrogens (tertiary/aromatic N) is 3. The molecule has 4 aromatic rings. The summed E-state index contributed by atoms with van der Waals surface area (Å²) in [6.45, 7) is 4.35. The third kappa shape index (κ3) is 3.61. The molecule has 0 amide bonds. The standard InChI is InChI=1S/C27H23FN4O2S/c1-16-13-21(17(2)31(16)19-8-6-18(28)7-9-19)26-25(22-5-3-4-12-29-22)30-27(35)32(26)20-10-11-23-24(14-20)34-15-33-23/h3-14,25-26H,15H2,1-2H3,(H,30,35). The first kappa shape index (κ1) is 21.6. The highest BCUT2D eigenvalue weighted by Crippen LogP contribution is 2.46. The number of rotatable bonds is 4. The molecule has 4 heterocycles. The minimum Gasteiger partial charge on any atom is -0.454 e. The first-order chi connectivity index (χ1) is 17.0. The van der Waals surface area contributed by atoms with E-state index in [0.717, 1.165) is 39.8 Å². The predicted molar refractivity (Wildman–Crippen MR) is 136 cm³/mol. The van der Waals surface area contributed by atoms with Crippen molar-refractivity contribution in [3.05, 3.63) is 101 Å². The molecule has 2 aliphatic rings. The van der Waals surface area contributed by atoms with Crippen LogP contribution in [0.2, 0.25) is 0 Å². The summed E-state index contributed by atoms with van der Waals surface area (Å²) in [6.07, 6.45) is 1.79. The Morgan fingerprint density at radius 3 is 2.51 bits per heavy atom. The van der Waals surface area contributed by atoms with Crippen molar-refractivity contribution in [1.82, 2.24) is 14.9 Å². The van der Waals surface area contributed by atoms with E-state index in [9.17, 15) is 4.39 Å². The maximum Gasteiger partial charge on any atom is 0.231 e. The summed E-state index contributed by atoms with van der Waals surface area (Å²) in [7, 11) is 0. The molecule has 2 aromatic carbocycles. The number of nitrogens with one attached hydrogen (secondary N) is 1. The van der Waals surface area contributed by atoms with Gasteiger partial charge >= 0.3 is 0 Å². The quantitative estimate of drug-likeness (QED) is 0.383. The van der Waals surface area contributed by atoms with Gasteiger partial charge in [0.05, 0.1) is 17.8 Å². The molecule has 0 bridgehead atoms. The average molecular weight is 487 g/mol. The van der Waals surface area contributed by atoms with Gasteiger partial charge in [0.15, 0.2) is 16.6 Å². The van der Waals surface area contributed by atoms with E-state index in [-0.39, 0.29) is 24.7 Å². The fraction of sp³-hybridized carbons (Fsp3) is 0.185. The number of benzene rings is 2. The SMILES string of the molecule is Cc1cc(C2C(c3ccccn3)NC(=S)N2c2ccc3c(c2)OCO3)c(C)n1-c1ccc(F)cc1. The highest BCUT2D eigenvalue weighted by molar-refractivity contribution is 7.80. The van der Waals surface area contributed by atoms with Crippen molar-refractivity contribution < 1.29 is 13.9 Å². The Morgan fingerprint density at radius 2 is 1.74 bits per heavy atom. The molecule has 1 fully saturated rings. The zero-order valence-electron chi connectivity index (χ0n) is 19.2. The number of halogens is 1. The normalized spacial score (nSPS) is 18.7. The van der Waals surface area contributed by atoms with Crippen LogP contribution in [0.5, 0.6) is 11.5 Å². The molecular formula is C27H23FN4O2S. The molecule has 6 nitrogen and oxygen atoms in total. The summed E-state index contributed by atoms with van der Waals surface area (Å²) in [5.74, 6) is 1.16. The molecule has 0 aliphatic carbocycles. The molecule has 35 heavy (non-hydrogen) atoms. The van der Waals surface area contributed by atoms with Gasteiger partial charge < -0.3 is 24.3 Å². The first-order valence-corrected chi connectivity index (χ1v) is 11.8. The molecule has 2 atom stereocenters. The smallest absolute Gasteiger partial charge is 0.231 e. The second-order valence-corrected chi connectivity index (χ2v) is 9.06. The minimum atomic E-state index is -0.258. The van der Waals surface area contributed by atoms with Crippen LogP contribution in [-0.4, -0.2) is 21.5 Å². The van der Waals surface area contributed by atoms with E-state index in [2.05, 4.69) is 39.7 Å². The van der Waals surface area contributed by atoms with Gasteiger partial charge in [0.1, 0.15) is 5.82 Å². The number of ether oxygens (including phenoxy) is 2. The van der Waals surface area contributed by atoms with Crippen LogP contribution in [0.3, 0.4) is 0 Å². The van der Waals surface area contributed by atoms with Crippen LogP contribution < -0.4 is 19.7 Å². The molecule has 0 spiro atoms. The van der Waals surface area contributed by atoms with Gasteiger partial charge in [-0.1, -0.05) is 6.07 Å². The lowest BCUT2D eigenvalue weighted by molar-refractivity contribution is 0.174. The molecule has 0 radical (unpaired) electrons. The second kappa shape index (κ2) is 8.39. The predicted octanol–water partition coefficient (Wildman–Crippen LogP) is 5.53. The number of fused-ring (bicyclic) bond motifs is 1. The molecule has 6 rings (SSSR count). The van der Waals surface area contributed by atoms with Gasteiger partial charge in [0.2, 0.25) is 6.79 Å². The third-order valence-electron chi connectivity index (χ3n) is 6.61. The van der Waals surface area contributed by atoms with Crippen molar-refractivity contribution >= 4 is 23.0 Å². The van der Waals surface area contributed by atoms with Gasteiger partial charge in [0.25, 0.3) is 0 Å².